The monoisotopic (exact) mass is 534 g/mol. The number of rotatable bonds is 8. The Balaban J connectivity index is 1.98. The lowest BCUT2D eigenvalue weighted by Crippen LogP contribution is -2.31. The molecule has 198 valence electrons. The van der Waals surface area contributed by atoms with Gasteiger partial charge in [0.25, 0.3) is 5.56 Å². The van der Waals surface area contributed by atoms with Crippen molar-refractivity contribution in [2.45, 2.75) is 37.8 Å². The summed E-state index contributed by atoms with van der Waals surface area (Å²) in [6, 6.07) is 20.4. The molecule has 0 fully saturated rings. The lowest BCUT2D eigenvalue weighted by molar-refractivity contribution is 0.387. The molecule has 0 radical (unpaired) electrons. The van der Waals surface area contributed by atoms with E-state index in [0.29, 0.717) is 16.8 Å². The third kappa shape index (κ3) is 5.28. The molecule has 2 N–H and O–H groups in total. The zero-order valence-corrected chi connectivity index (χ0v) is 22.7. The Hall–Kier alpha value is -3.75. The highest BCUT2D eigenvalue weighted by molar-refractivity contribution is 7.90. The molecule has 4 rings (SSSR count). The van der Waals surface area contributed by atoms with E-state index in [1.54, 1.807) is 47.9 Å². The number of nitrogens with two attached hydrogens (primary N) is 1. The molecule has 0 saturated heterocycles. The molecular weight excluding hydrogens is 503 g/mol. The molecule has 1 heterocycles. The molecule has 3 aromatic carbocycles. The highest BCUT2D eigenvalue weighted by Crippen LogP contribution is 2.33. The number of aromatic nitrogens is 1. The maximum absolute atomic E-state index is 15.5. The Morgan fingerprint density at radius 3 is 2.29 bits per heavy atom. The van der Waals surface area contributed by atoms with Gasteiger partial charge in [0, 0.05) is 36.5 Å². The predicted octanol–water partition coefficient (Wildman–Crippen LogP) is 4.97. The van der Waals surface area contributed by atoms with Gasteiger partial charge in [-0.1, -0.05) is 60.7 Å². The van der Waals surface area contributed by atoms with Crippen molar-refractivity contribution >= 4 is 9.84 Å². The number of nitrogens with zero attached hydrogens (tertiary/aromatic N) is 1. The van der Waals surface area contributed by atoms with E-state index >= 15 is 4.39 Å². The van der Waals surface area contributed by atoms with Gasteiger partial charge in [-0.3, -0.25) is 4.79 Å². The Kier molecular flexibility index (Phi) is 7.85. The summed E-state index contributed by atoms with van der Waals surface area (Å²) >= 11 is 0. The zero-order valence-electron chi connectivity index (χ0n) is 21.9. The van der Waals surface area contributed by atoms with Crippen LogP contribution in [0.3, 0.4) is 0 Å². The maximum atomic E-state index is 15.5. The first kappa shape index (κ1) is 27.3. The fraction of sp³-hybridized carbons (Fsp3) is 0.233. The van der Waals surface area contributed by atoms with Gasteiger partial charge in [-0.25, -0.2) is 12.8 Å². The van der Waals surface area contributed by atoms with Gasteiger partial charge in [0.1, 0.15) is 0 Å². The van der Waals surface area contributed by atoms with Crippen LogP contribution in [0, 0.1) is 19.7 Å². The predicted molar refractivity (Wildman–Crippen MR) is 148 cm³/mol. The molecule has 1 aromatic heterocycles. The highest BCUT2D eigenvalue weighted by atomic mass is 32.2. The molecule has 0 spiro atoms. The minimum absolute atomic E-state index is 0.0263. The standard InChI is InChI=1S/C30H31FN2O4S/c1-19-24(17-22-13-8-9-16-27(22)38(4,35)36)20(2)33(18-25(32)21-11-6-5-7-12-21)30(34)28(19)23-14-10-15-26(37-3)29(23)31/h5-16,25H,17-18,32H2,1-4H3. The van der Waals surface area contributed by atoms with Gasteiger partial charge in [-0.15, -0.1) is 0 Å². The fourth-order valence-electron chi connectivity index (χ4n) is 4.90. The molecule has 38 heavy (non-hydrogen) atoms. The largest absolute Gasteiger partial charge is 0.494 e. The molecule has 6 nitrogen and oxygen atoms in total. The van der Waals surface area contributed by atoms with Crippen LogP contribution in [0.2, 0.25) is 0 Å². The van der Waals surface area contributed by atoms with Gasteiger partial charge in [-0.05, 0) is 48.2 Å². The highest BCUT2D eigenvalue weighted by Gasteiger charge is 2.24. The van der Waals surface area contributed by atoms with E-state index in [4.69, 9.17) is 10.5 Å². The number of hydrogen-bond donors (Lipinski definition) is 1. The van der Waals surface area contributed by atoms with E-state index in [1.807, 2.05) is 37.3 Å². The van der Waals surface area contributed by atoms with Crippen LogP contribution in [0.1, 0.15) is 34.0 Å². The molecule has 0 aliphatic rings. The molecule has 8 heteroatoms. The van der Waals surface area contributed by atoms with Gasteiger partial charge in [0.15, 0.2) is 21.4 Å². The number of methoxy groups -OCH3 is 1. The molecule has 0 aliphatic carbocycles. The number of benzene rings is 3. The van der Waals surface area contributed by atoms with Gasteiger partial charge in [-0.2, -0.15) is 0 Å². The molecule has 0 aliphatic heterocycles. The van der Waals surface area contributed by atoms with E-state index in [1.165, 1.54) is 19.4 Å². The zero-order chi connectivity index (χ0) is 27.6. The average molecular weight is 535 g/mol. The number of halogens is 1. The lowest BCUT2D eigenvalue weighted by Gasteiger charge is -2.23. The number of hydrogen-bond acceptors (Lipinski definition) is 5. The van der Waals surface area contributed by atoms with Gasteiger partial charge in [0.05, 0.1) is 17.6 Å². The van der Waals surface area contributed by atoms with E-state index in [2.05, 4.69) is 0 Å². The van der Waals surface area contributed by atoms with Crippen molar-refractivity contribution in [2.24, 2.45) is 5.73 Å². The minimum Gasteiger partial charge on any atom is -0.494 e. The van der Waals surface area contributed by atoms with Crippen molar-refractivity contribution in [1.82, 2.24) is 4.57 Å². The summed E-state index contributed by atoms with van der Waals surface area (Å²) in [5.41, 5.74) is 9.86. The molecule has 1 unspecified atom stereocenters. The normalized spacial score (nSPS) is 12.4. The third-order valence-corrected chi connectivity index (χ3v) is 8.12. The average Bonchev–Trinajstić information content (AvgIpc) is 2.90. The maximum Gasteiger partial charge on any atom is 0.259 e. The van der Waals surface area contributed by atoms with Crippen molar-refractivity contribution in [1.29, 1.82) is 0 Å². The molecule has 4 aromatic rings. The first-order valence-electron chi connectivity index (χ1n) is 12.2. The lowest BCUT2D eigenvalue weighted by atomic mass is 9.92. The number of ether oxygens (including phenoxy) is 1. The Morgan fingerprint density at radius 2 is 1.63 bits per heavy atom. The second kappa shape index (κ2) is 10.9. The summed E-state index contributed by atoms with van der Waals surface area (Å²) in [5.74, 6) is -0.612. The molecule has 0 bridgehead atoms. The van der Waals surface area contributed by atoms with Crippen molar-refractivity contribution in [3.05, 3.63) is 117 Å². The van der Waals surface area contributed by atoms with Crippen LogP contribution in [-0.2, 0) is 22.8 Å². The van der Waals surface area contributed by atoms with Gasteiger partial charge in [0.2, 0.25) is 0 Å². The molecule has 0 amide bonds. The quantitative estimate of drug-likeness (QED) is 0.345. The summed E-state index contributed by atoms with van der Waals surface area (Å²) in [7, 11) is -2.13. The summed E-state index contributed by atoms with van der Waals surface area (Å²) in [5, 5.41) is 0. The first-order chi connectivity index (χ1) is 18.0. The van der Waals surface area contributed by atoms with Crippen LogP contribution >= 0.6 is 0 Å². The summed E-state index contributed by atoms with van der Waals surface area (Å²) in [6.45, 7) is 3.74. The smallest absolute Gasteiger partial charge is 0.259 e. The topological polar surface area (TPSA) is 91.4 Å². The van der Waals surface area contributed by atoms with Crippen LogP contribution in [0.5, 0.6) is 5.75 Å². The van der Waals surface area contributed by atoms with E-state index in [0.717, 1.165) is 11.1 Å². The third-order valence-electron chi connectivity index (χ3n) is 6.93. The van der Waals surface area contributed by atoms with Crippen molar-refractivity contribution in [2.75, 3.05) is 13.4 Å². The molecular formula is C30H31FN2O4S. The Labute approximate surface area is 222 Å². The Bertz CT molecular complexity index is 1650. The second-order valence-electron chi connectivity index (χ2n) is 9.38. The van der Waals surface area contributed by atoms with Crippen LogP contribution in [0.25, 0.3) is 11.1 Å². The van der Waals surface area contributed by atoms with Crippen molar-refractivity contribution < 1.29 is 17.5 Å². The van der Waals surface area contributed by atoms with Gasteiger partial charge < -0.3 is 15.0 Å². The van der Waals surface area contributed by atoms with Crippen LogP contribution < -0.4 is 16.0 Å². The van der Waals surface area contributed by atoms with E-state index < -0.39 is 21.7 Å². The minimum atomic E-state index is -3.50. The molecule has 0 saturated carbocycles. The Morgan fingerprint density at radius 1 is 0.974 bits per heavy atom. The van der Waals surface area contributed by atoms with E-state index in [-0.39, 0.29) is 40.3 Å². The van der Waals surface area contributed by atoms with Crippen LogP contribution in [0.4, 0.5) is 4.39 Å². The van der Waals surface area contributed by atoms with Gasteiger partial charge >= 0.3 is 0 Å². The van der Waals surface area contributed by atoms with Crippen LogP contribution in [-0.4, -0.2) is 26.4 Å². The second-order valence-corrected chi connectivity index (χ2v) is 11.4. The summed E-state index contributed by atoms with van der Waals surface area (Å²) in [6.07, 6.45) is 1.41. The first-order valence-corrected chi connectivity index (χ1v) is 14.1. The number of pyridine rings is 1. The van der Waals surface area contributed by atoms with Crippen molar-refractivity contribution in [3.63, 3.8) is 0 Å². The van der Waals surface area contributed by atoms with Crippen LogP contribution in [0.15, 0.2) is 82.5 Å². The molecule has 1 atom stereocenters. The summed E-state index contributed by atoms with van der Waals surface area (Å²) in [4.78, 5) is 14.2. The number of sulfone groups is 1. The summed E-state index contributed by atoms with van der Waals surface area (Å²) < 4.78 is 47.2. The SMILES string of the molecule is COc1cccc(-c2c(C)c(Cc3ccccc3S(C)(=O)=O)c(C)n(CC(N)c3ccccc3)c2=O)c1F. The van der Waals surface area contributed by atoms with E-state index in [9.17, 15) is 13.2 Å². The fourth-order valence-corrected chi connectivity index (χ4v) is 5.84. The van der Waals surface area contributed by atoms with Crippen molar-refractivity contribution in [3.8, 4) is 16.9 Å².